The van der Waals surface area contributed by atoms with Crippen molar-refractivity contribution in [1.29, 1.82) is 5.26 Å². The van der Waals surface area contributed by atoms with Crippen LogP contribution in [-0.2, 0) is 9.53 Å². The Morgan fingerprint density at radius 1 is 1.50 bits per heavy atom. The van der Waals surface area contributed by atoms with Gasteiger partial charge in [-0.25, -0.2) is 4.79 Å². The van der Waals surface area contributed by atoms with Crippen LogP contribution >= 0.6 is 11.8 Å². The lowest BCUT2D eigenvalue weighted by molar-refractivity contribution is -0.127. The van der Waals surface area contributed by atoms with E-state index in [1.54, 1.807) is 14.0 Å². The quantitative estimate of drug-likeness (QED) is 0.534. The van der Waals surface area contributed by atoms with Crippen molar-refractivity contribution in [2.75, 3.05) is 26.0 Å². The Labute approximate surface area is 120 Å². The number of hydrogen-bond donors (Lipinski definition) is 0. The van der Waals surface area contributed by atoms with E-state index in [1.165, 1.54) is 4.90 Å². The summed E-state index contributed by atoms with van der Waals surface area (Å²) in [5.41, 5.74) is 0. The molecule has 0 saturated heterocycles. The zero-order valence-corrected chi connectivity index (χ0v) is 12.0. The SMILES string of the molecule is CCOC(=O)c1nnc(SCC(=O)N(C)CCC#N)o1. The smallest absolute Gasteiger partial charge is 0.396 e. The molecule has 0 aromatic carbocycles. The first-order chi connectivity index (χ1) is 9.58. The molecular weight excluding hydrogens is 284 g/mol. The zero-order valence-electron chi connectivity index (χ0n) is 11.2. The number of nitrogens with zero attached hydrogens (tertiary/aromatic N) is 4. The minimum Gasteiger partial charge on any atom is -0.459 e. The lowest BCUT2D eigenvalue weighted by atomic mass is 10.4. The Kier molecular flexibility index (Phi) is 6.52. The Hall–Kier alpha value is -2.08. The molecule has 1 heterocycles. The molecule has 20 heavy (non-hydrogen) atoms. The summed E-state index contributed by atoms with van der Waals surface area (Å²) in [7, 11) is 1.61. The van der Waals surface area contributed by atoms with Crippen LogP contribution in [0.4, 0.5) is 0 Å². The van der Waals surface area contributed by atoms with Crippen LogP contribution in [0, 0.1) is 11.3 Å². The molecule has 108 valence electrons. The minimum atomic E-state index is -0.690. The first-order valence-corrected chi connectivity index (χ1v) is 6.81. The number of carbonyl (C=O) groups excluding carboxylic acids is 2. The molecule has 0 aliphatic rings. The van der Waals surface area contributed by atoms with Gasteiger partial charge in [0, 0.05) is 13.6 Å². The average Bonchev–Trinajstić information content (AvgIpc) is 2.91. The molecule has 0 spiro atoms. The van der Waals surface area contributed by atoms with Crippen LogP contribution in [0.15, 0.2) is 9.64 Å². The third-order valence-electron chi connectivity index (χ3n) is 2.16. The summed E-state index contributed by atoms with van der Waals surface area (Å²) < 4.78 is 9.75. The van der Waals surface area contributed by atoms with E-state index in [0.29, 0.717) is 6.54 Å². The molecule has 0 radical (unpaired) electrons. The number of thioether (sulfide) groups is 1. The highest BCUT2D eigenvalue weighted by molar-refractivity contribution is 7.99. The van der Waals surface area contributed by atoms with Gasteiger partial charge in [0.05, 0.1) is 24.8 Å². The van der Waals surface area contributed by atoms with E-state index in [0.717, 1.165) is 11.8 Å². The molecule has 0 aliphatic carbocycles. The van der Waals surface area contributed by atoms with Crippen molar-refractivity contribution < 1.29 is 18.7 Å². The van der Waals surface area contributed by atoms with E-state index in [1.807, 2.05) is 6.07 Å². The summed E-state index contributed by atoms with van der Waals surface area (Å²) in [6.07, 6.45) is 0.278. The number of nitriles is 1. The average molecular weight is 298 g/mol. The molecule has 8 nitrogen and oxygen atoms in total. The van der Waals surface area contributed by atoms with E-state index in [9.17, 15) is 9.59 Å². The molecule has 0 atom stereocenters. The molecule has 0 N–H and O–H groups in total. The second kappa shape index (κ2) is 8.16. The first-order valence-electron chi connectivity index (χ1n) is 5.82. The topological polar surface area (TPSA) is 109 Å². The summed E-state index contributed by atoms with van der Waals surface area (Å²) in [6.45, 7) is 2.25. The third kappa shape index (κ3) is 4.89. The number of esters is 1. The maximum absolute atomic E-state index is 11.7. The molecule has 1 rings (SSSR count). The van der Waals surface area contributed by atoms with Gasteiger partial charge in [-0.2, -0.15) is 5.26 Å². The molecule has 0 bridgehead atoms. The van der Waals surface area contributed by atoms with Crippen molar-refractivity contribution in [3.05, 3.63) is 5.89 Å². The second-order valence-electron chi connectivity index (χ2n) is 3.61. The molecule has 1 aromatic rings. The van der Waals surface area contributed by atoms with E-state index in [4.69, 9.17) is 14.4 Å². The van der Waals surface area contributed by atoms with E-state index < -0.39 is 5.97 Å². The van der Waals surface area contributed by atoms with Gasteiger partial charge >= 0.3 is 11.9 Å². The molecular formula is C11H14N4O4S. The Morgan fingerprint density at radius 3 is 2.90 bits per heavy atom. The summed E-state index contributed by atoms with van der Waals surface area (Å²) in [5, 5.41) is 15.7. The van der Waals surface area contributed by atoms with Gasteiger partial charge in [0.25, 0.3) is 5.22 Å². The van der Waals surface area contributed by atoms with Gasteiger partial charge < -0.3 is 14.1 Å². The van der Waals surface area contributed by atoms with Crippen LogP contribution in [-0.4, -0.2) is 52.9 Å². The van der Waals surface area contributed by atoms with Gasteiger partial charge in [0.15, 0.2) is 0 Å². The molecule has 0 saturated carbocycles. The van der Waals surface area contributed by atoms with Gasteiger partial charge in [-0.1, -0.05) is 16.9 Å². The van der Waals surface area contributed by atoms with Gasteiger partial charge in [-0.3, -0.25) is 4.79 Å². The van der Waals surface area contributed by atoms with E-state index in [-0.39, 0.29) is 35.8 Å². The summed E-state index contributed by atoms with van der Waals surface area (Å²) in [4.78, 5) is 24.4. The zero-order chi connectivity index (χ0) is 15.0. The summed E-state index contributed by atoms with van der Waals surface area (Å²) >= 11 is 1.02. The van der Waals surface area contributed by atoms with Crippen molar-refractivity contribution in [3.8, 4) is 6.07 Å². The predicted octanol–water partition coefficient (Wildman–Crippen LogP) is 0.710. The van der Waals surface area contributed by atoms with Crippen LogP contribution in [0.5, 0.6) is 0 Å². The van der Waals surface area contributed by atoms with Crippen molar-refractivity contribution in [3.63, 3.8) is 0 Å². The maximum atomic E-state index is 11.7. The monoisotopic (exact) mass is 298 g/mol. The van der Waals surface area contributed by atoms with Gasteiger partial charge in [-0.05, 0) is 6.92 Å². The normalized spacial score (nSPS) is 9.85. The van der Waals surface area contributed by atoms with Crippen molar-refractivity contribution >= 4 is 23.6 Å². The fourth-order valence-corrected chi connectivity index (χ4v) is 1.82. The third-order valence-corrected chi connectivity index (χ3v) is 2.96. The van der Waals surface area contributed by atoms with E-state index in [2.05, 4.69) is 10.2 Å². The molecule has 1 amide bonds. The van der Waals surface area contributed by atoms with Gasteiger partial charge in [0.1, 0.15) is 0 Å². The minimum absolute atomic E-state index is 0.0897. The van der Waals surface area contributed by atoms with Crippen LogP contribution in [0.2, 0.25) is 0 Å². The van der Waals surface area contributed by atoms with E-state index >= 15 is 0 Å². The highest BCUT2D eigenvalue weighted by Crippen LogP contribution is 2.16. The first kappa shape index (κ1) is 16.0. The van der Waals surface area contributed by atoms with Crippen LogP contribution in [0.3, 0.4) is 0 Å². The molecule has 1 aromatic heterocycles. The number of amides is 1. The molecule has 9 heteroatoms. The van der Waals surface area contributed by atoms with Gasteiger partial charge in [0.2, 0.25) is 5.91 Å². The maximum Gasteiger partial charge on any atom is 0.396 e. The fourth-order valence-electron chi connectivity index (χ4n) is 1.12. The lowest BCUT2D eigenvalue weighted by Crippen LogP contribution is -2.29. The highest BCUT2D eigenvalue weighted by Gasteiger charge is 2.17. The number of ether oxygens (including phenoxy) is 1. The Balaban J connectivity index is 2.44. The predicted molar refractivity (Wildman–Crippen MR) is 68.8 cm³/mol. The fraction of sp³-hybridized carbons (Fsp3) is 0.545. The van der Waals surface area contributed by atoms with Crippen molar-refractivity contribution in [1.82, 2.24) is 15.1 Å². The van der Waals surface area contributed by atoms with Crippen LogP contribution in [0.25, 0.3) is 0 Å². The standard InChI is InChI=1S/C11H14N4O4S/c1-3-18-10(17)9-13-14-11(19-9)20-7-8(16)15(2)6-4-5-12/h3-4,6-7H2,1-2H3. The second-order valence-corrected chi connectivity index (χ2v) is 4.53. The molecule has 0 fully saturated rings. The number of rotatable bonds is 7. The highest BCUT2D eigenvalue weighted by atomic mass is 32.2. The number of hydrogen-bond acceptors (Lipinski definition) is 8. The summed E-state index contributed by atoms with van der Waals surface area (Å²) in [6, 6.07) is 1.96. The van der Waals surface area contributed by atoms with Crippen molar-refractivity contribution in [2.24, 2.45) is 0 Å². The van der Waals surface area contributed by atoms with Crippen molar-refractivity contribution in [2.45, 2.75) is 18.6 Å². The summed E-state index contributed by atoms with van der Waals surface area (Å²) in [5.74, 6) is -1.00. The number of carbonyl (C=O) groups is 2. The lowest BCUT2D eigenvalue weighted by Gasteiger charge is -2.13. The molecule has 0 aliphatic heterocycles. The Morgan fingerprint density at radius 2 is 2.25 bits per heavy atom. The Bertz CT molecular complexity index is 511. The largest absolute Gasteiger partial charge is 0.459 e. The van der Waals surface area contributed by atoms with Gasteiger partial charge in [-0.15, -0.1) is 5.10 Å². The van der Waals surface area contributed by atoms with Crippen LogP contribution in [0.1, 0.15) is 24.0 Å². The van der Waals surface area contributed by atoms with Crippen LogP contribution < -0.4 is 0 Å². The number of aromatic nitrogens is 2. The molecule has 0 unspecified atom stereocenters.